The summed E-state index contributed by atoms with van der Waals surface area (Å²) < 4.78 is 75.0. The SMILES string of the molecule is CCOC(=O)C[C@H](N)c1c(F)c(-c2c(C)cc(Cl)cc2C)cc(C(F)(F)F)c1F. The van der Waals surface area contributed by atoms with E-state index < -0.39 is 52.9 Å². The van der Waals surface area contributed by atoms with Gasteiger partial charge in [-0.05, 0) is 55.7 Å². The zero-order chi connectivity index (χ0) is 22.1. The predicted octanol–water partition coefficient (Wildman–Crippen LogP) is 5.87. The van der Waals surface area contributed by atoms with Gasteiger partial charge in [0.25, 0.3) is 0 Å². The molecular weight excluding hydrogens is 417 g/mol. The third-order valence-corrected chi connectivity index (χ3v) is 4.59. The molecule has 0 radical (unpaired) electrons. The van der Waals surface area contributed by atoms with Gasteiger partial charge in [0.1, 0.15) is 11.6 Å². The lowest BCUT2D eigenvalue weighted by Crippen LogP contribution is -2.22. The Morgan fingerprint density at radius 3 is 2.17 bits per heavy atom. The maximum Gasteiger partial charge on any atom is 0.419 e. The highest BCUT2D eigenvalue weighted by molar-refractivity contribution is 6.30. The summed E-state index contributed by atoms with van der Waals surface area (Å²) in [5, 5.41) is 0.321. The first kappa shape index (κ1) is 23.1. The topological polar surface area (TPSA) is 52.3 Å². The first-order valence-electron chi connectivity index (χ1n) is 8.65. The molecule has 2 aromatic carbocycles. The molecule has 1 atom stereocenters. The standard InChI is InChI=1S/C20H19ClF5NO2/c1-4-29-15(28)8-14(27)17-18(22)12(7-13(19(17)23)20(24,25)26)16-9(2)5-11(21)6-10(16)3/h5-7,14H,4,8,27H2,1-3H3/t14-/m0/s1. The molecule has 0 fully saturated rings. The lowest BCUT2D eigenvalue weighted by Gasteiger charge is -2.21. The highest BCUT2D eigenvalue weighted by atomic mass is 35.5. The van der Waals surface area contributed by atoms with Crippen LogP contribution in [0.5, 0.6) is 0 Å². The number of esters is 1. The molecule has 0 spiro atoms. The number of aryl methyl sites for hydroxylation is 2. The van der Waals surface area contributed by atoms with Crippen molar-refractivity contribution in [2.24, 2.45) is 5.73 Å². The molecule has 3 nitrogen and oxygen atoms in total. The summed E-state index contributed by atoms with van der Waals surface area (Å²) in [5.74, 6) is -3.99. The maximum absolute atomic E-state index is 15.3. The molecule has 2 aromatic rings. The van der Waals surface area contributed by atoms with Gasteiger partial charge in [0.15, 0.2) is 0 Å². The van der Waals surface area contributed by atoms with Crippen molar-refractivity contribution in [2.45, 2.75) is 39.4 Å². The average Bonchev–Trinajstić information content (AvgIpc) is 2.54. The van der Waals surface area contributed by atoms with E-state index in [4.69, 9.17) is 17.3 Å². The molecule has 0 bridgehead atoms. The van der Waals surface area contributed by atoms with E-state index in [1.807, 2.05) is 0 Å². The van der Waals surface area contributed by atoms with Crippen molar-refractivity contribution in [3.8, 4) is 11.1 Å². The van der Waals surface area contributed by atoms with Gasteiger partial charge in [-0.25, -0.2) is 8.78 Å². The van der Waals surface area contributed by atoms with E-state index >= 15 is 4.39 Å². The Labute approximate surface area is 169 Å². The summed E-state index contributed by atoms with van der Waals surface area (Å²) in [5.41, 5.74) is 3.50. The van der Waals surface area contributed by atoms with Crippen molar-refractivity contribution < 1.29 is 31.5 Å². The van der Waals surface area contributed by atoms with Crippen molar-refractivity contribution in [2.75, 3.05) is 6.61 Å². The molecule has 0 saturated heterocycles. The summed E-state index contributed by atoms with van der Waals surface area (Å²) in [6, 6.07) is 1.66. The summed E-state index contributed by atoms with van der Waals surface area (Å²) in [6.07, 6.45) is -5.78. The van der Waals surface area contributed by atoms with E-state index in [1.165, 1.54) is 19.1 Å². The first-order valence-corrected chi connectivity index (χ1v) is 9.03. The molecule has 2 N–H and O–H groups in total. The fourth-order valence-corrected chi connectivity index (χ4v) is 3.54. The van der Waals surface area contributed by atoms with Gasteiger partial charge in [-0.2, -0.15) is 13.2 Å². The number of benzene rings is 2. The largest absolute Gasteiger partial charge is 0.466 e. The smallest absolute Gasteiger partial charge is 0.419 e. The molecule has 0 aliphatic heterocycles. The Bertz CT molecular complexity index is 920. The van der Waals surface area contributed by atoms with Crippen LogP contribution < -0.4 is 5.73 Å². The van der Waals surface area contributed by atoms with Gasteiger partial charge < -0.3 is 10.5 Å². The molecule has 0 heterocycles. The second kappa shape index (κ2) is 8.67. The van der Waals surface area contributed by atoms with Crippen molar-refractivity contribution in [3.05, 3.63) is 57.1 Å². The van der Waals surface area contributed by atoms with Crippen LogP contribution in [0.1, 0.15) is 41.6 Å². The number of ether oxygens (including phenoxy) is 1. The second-order valence-electron chi connectivity index (χ2n) is 6.54. The monoisotopic (exact) mass is 435 g/mol. The van der Waals surface area contributed by atoms with Crippen LogP contribution in [-0.2, 0) is 15.7 Å². The minimum absolute atomic E-state index is 0.00643. The van der Waals surface area contributed by atoms with Gasteiger partial charge in [-0.1, -0.05) is 11.6 Å². The van der Waals surface area contributed by atoms with Gasteiger partial charge in [-0.3, -0.25) is 4.79 Å². The number of halogens is 6. The molecule has 0 amide bonds. The average molecular weight is 436 g/mol. The van der Waals surface area contributed by atoms with Crippen molar-refractivity contribution in [3.63, 3.8) is 0 Å². The lowest BCUT2D eigenvalue weighted by atomic mass is 9.89. The molecule has 0 unspecified atom stereocenters. The molecule has 0 aromatic heterocycles. The molecule has 0 saturated carbocycles. The molecule has 2 rings (SSSR count). The molecule has 0 aliphatic carbocycles. The van der Waals surface area contributed by atoms with Crippen molar-refractivity contribution in [1.29, 1.82) is 0 Å². The van der Waals surface area contributed by atoms with Gasteiger partial charge >= 0.3 is 12.1 Å². The number of rotatable bonds is 5. The summed E-state index contributed by atoms with van der Waals surface area (Å²) in [7, 11) is 0. The third-order valence-electron chi connectivity index (χ3n) is 4.37. The predicted molar refractivity (Wildman–Crippen MR) is 99.5 cm³/mol. The Balaban J connectivity index is 2.79. The Morgan fingerprint density at radius 2 is 1.69 bits per heavy atom. The van der Waals surface area contributed by atoms with Crippen LogP contribution in [0.15, 0.2) is 18.2 Å². The second-order valence-corrected chi connectivity index (χ2v) is 6.98. The quantitative estimate of drug-likeness (QED) is 0.471. The third kappa shape index (κ3) is 4.87. The van der Waals surface area contributed by atoms with Crippen LogP contribution in [0.2, 0.25) is 5.02 Å². The van der Waals surface area contributed by atoms with Crippen LogP contribution >= 0.6 is 11.6 Å². The van der Waals surface area contributed by atoms with Gasteiger partial charge in [-0.15, -0.1) is 0 Å². The van der Waals surface area contributed by atoms with E-state index in [-0.39, 0.29) is 12.2 Å². The van der Waals surface area contributed by atoms with E-state index in [9.17, 15) is 22.4 Å². The number of carbonyl (C=O) groups is 1. The fourth-order valence-electron chi connectivity index (χ4n) is 3.21. The highest BCUT2D eigenvalue weighted by Crippen LogP contribution is 2.41. The Kier molecular flexibility index (Phi) is 6.90. The summed E-state index contributed by atoms with van der Waals surface area (Å²) in [4.78, 5) is 11.6. The van der Waals surface area contributed by atoms with Crippen LogP contribution in [0.25, 0.3) is 11.1 Å². The highest BCUT2D eigenvalue weighted by Gasteiger charge is 2.39. The number of nitrogens with two attached hydrogens (primary N) is 1. The van der Waals surface area contributed by atoms with Crippen LogP contribution in [0, 0.1) is 25.5 Å². The maximum atomic E-state index is 15.3. The molecular formula is C20H19ClF5NO2. The molecule has 0 aliphatic rings. The lowest BCUT2D eigenvalue weighted by molar-refractivity contribution is -0.143. The van der Waals surface area contributed by atoms with Crippen molar-refractivity contribution in [1.82, 2.24) is 0 Å². The number of hydrogen-bond donors (Lipinski definition) is 1. The van der Waals surface area contributed by atoms with E-state index in [0.29, 0.717) is 22.2 Å². The number of carbonyl (C=O) groups excluding carboxylic acids is 1. The van der Waals surface area contributed by atoms with Gasteiger partial charge in [0.2, 0.25) is 0 Å². The first-order chi connectivity index (χ1) is 13.4. The fraction of sp³-hybridized carbons (Fsp3) is 0.350. The van der Waals surface area contributed by atoms with Crippen molar-refractivity contribution >= 4 is 17.6 Å². The van der Waals surface area contributed by atoms with Gasteiger partial charge in [0, 0.05) is 22.2 Å². The van der Waals surface area contributed by atoms with E-state index in [1.54, 1.807) is 13.8 Å². The van der Waals surface area contributed by atoms with Crippen LogP contribution in [-0.4, -0.2) is 12.6 Å². The summed E-state index contributed by atoms with van der Waals surface area (Å²) >= 11 is 5.94. The normalized spacial score (nSPS) is 12.8. The minimum Gasteiger partial charge on any atom is -0.466 e. The summed E-state index contributed by atoms with van der Waals surface area (Å²) in [6.45, 7) is 4.59. The van der Waals surface area contributed by atoms with E-state index in [0.717, 1.165) is 0 Å². The number of hydrogen-bond acceptors (Lipinski definition) is 3. The Hall–Kier alpha value is -2.19. The molecule has 9 heteroatoms. The van der Waals surface area contributed by atoms with Crippen LogP contribution in [0.3, 0.4) is 0 Å². The van der Waals surface area contributed by atoms with Gasteiger partial charge in [0.05, 0.1) is 18.6 Å². The Morgan fingerprint density at radius 1 is 1.14 bits per heavy atom. The molecule has 29 heavy (non-hydrogen) atoms. The zero-order valence-electron chi connectivity index (χ0n) is 15.9. The molecule has 158 valence electrons. The number of alkyl halides is 3. The zero-order valence-corrected chi connectivity index (χ0v) is 16.6. The van der Waals surface area contributed by atoms with Crippen LogP contribution in [0.4, 0.5) is 22.0 Å². The minimum atomic E-state index is -5.10. The van der Waals surface area contributed by atoms with E-state index in [2.05, 4.69) is 4.74 Å².